The number of benzene rings is 2. The Hall–Kier alpha value is -1.14. The largest absolute Gasteiger partial charge is 0.303 e. The summed E-state index contributed by atoms with van der Waals surface area (Å²) in [5, 5.41) is 0.958. The van der Waals surface area contributed by atoms with E-state index >= 15 is 0 Å². The average molecular weight is 397 g/mol. The van der Waals surface area contributed by atoms with Crippen LogP contribution in [0.5, 0.6) is 0 Å². The van der Waals surface area contributed by atoms with Crippen LogP contribution < -0.4 is 0 Å². The number of carbonyl (C=O) groups is 1. The smallest absolute Gasteiger partial charge is 0.162 e. The summed E-state index contributed by atoms with van der Waals surface area (Å²) in [6, 6.07) is 14.5. The molecule has 124 valence electrons. The van der Waals surface area contributed by atoms with Crippen molar-refractivity contribution in [3.63, 3.8) is 0 Å². The fourth-order valence-electron chi connectivity index (χ4n) is 2.50. The Morgan fingerprint density at radius 2 is 1.79 bits per heavy atom. The van der Waals surface area contributed by atoms with Gasteiger partial charge >= 0.3 is 0 Å². The first-order valence-electron chi connectivity index (χ1n) is 7.20. The first-order valence-corrected chi connectivity index (χ1v) is 8.80. The summed E-state index contributed by atoms with van der Waals surface area (Å²) in [5.74, 6) is 0.461. The van der Waals surface area contributed by atoms with Crippen LogP contribution in [0.15, 0.2) is 53.5 Å². The fourth-order valence-corrected chi connectivity index (χ4v) is 4.02. The van der Waals surface area contributed by atoms with E-state index in [1.807, 2.05) is 30.3 Å². The maximum atomic E-state index is 12.7. The summed E-state index contributed by atoms with van der Waals surface area (Å²) in [5.41, 5.74) is 1.51. The van der Waals surface area contributed by atoms with Gasteiger partial charge in [-0.2, -0.15) is 12.6 Å². The maximum absolute atomic E-state index is 12.7. The zero-order chi connectivity index (χ0) is 17.3. The summed E-state index contributed by atoms with van der Waals surface area (Å²) in [4.78, 5) is 17.2. The lowest BCUT2D eigenvalue weighted by atomic mass is 9.90. The first kappa shape index (κ1) is 17.7. The molecule has 1 atom stereocenters. The Morgan fingerprint density at radius 1 is 1.17 bits per heavy atom. The van der Waals surface area contributed by atoms with E-state index in [-0.39, 0.29) is 5.78 Å². The van der Waals surface area contributed by atoms with Crippen LogP contribution >= 0.6 is 48.6 Å². The van der Waals surface area contributed by atoms with E-state index < -0.39 is 4.75 Å². The molecule has 0 aromatic heterocycles. The van der Waals surface area contributed by atoms with Crippen molar-refractivity contribution < 1.29 is 4.79 Å². The molecule has 1 heterocycles. The van der Waals surface area contributed by atoms with E-state index in [0.717, 1.165) is 5.56 Å². The van der Waals surface area contributed by atoms with E-state index in [1.54, 1.807) is 22.5 Å². The second kappa shape index (κ2) is 7.00. The second-order valence-corrected chi connectivity index (χ2v) is 7.69. The average Bonchev–Trinajstić information content (AvgIpc) is 2.52. The highest BCUT2D eigenvalue weighted by molar-refractivity contribution is 7.85. The molecule has 24 heavy (non-hydrogen) atoms. The number of aliphatic imine (C=N–C) groups is 1. The topological polar surface area (TPSA) is 32.7 Å². The highest BCUT2D eigenvalue weighted by Crippen LogP contribution is 2.36. The Kier molecular flexibility index (Phi) is 5.16. The van der Waals surface area contributed by atoms with Gasteiger partial charge in [0.05, 0.1) is 12.2 Å². The predicted octanol–water partition coefficient (Wildman–Crippen LogP) is 4.66. The van der Waals surface area contributed by atoms with Gasteiger partial charge in [0.15, 0.2) is 5.78 Å². The van der Waals surface area contributed by atoms with Crippen LogP contribution in [0.4, 0.5) is 5.69 Å². The first-order chi connectivity index (χ1) is 11.4. The van der Waals surface area contributed by atoms with Crippen molar-refractivity contribution in [2.75, 3.05) is 6.54 Å². The van der Waals surface area contributed by atoms with Crippen molar-refractivity contribution in [3.8, 4) is 0 Å². The lowest BCUT2D eigenvalue weighted by molar-refractivity contribution is -0.120. The normalized spacial score (nSPS) is 21.7. The Balaban J connectivity index is 1.87. The lowest BCUT2D eigenvalue weighted by Crippen LogP contribution is -2.64. The zero-order valence-electron chi connectivity index (χ0n) is 12.5. The summed E-state index contributed by atoms with van der Waals surface area (Å²) in [6.07, 6.45) is 0.293. The Labute approximate surface area is 161 Å². The molecule has 0 spiro atoms. The van der Waals surface area contributed by atoms with Crippen LogP contribution in [0.1, 0.15) is 5.56 Å². The summed E-state index contributed by atoms with van der Waals surface area (Å²) >= 11 is 20.9. The van der Waals surface area contributed by atoms with Gasteiger partial charge in [0.1, 0.15) is 10.6 Å². The lowest BCUT2D eigenvalue weighted by Gasteiger charge is -2.45. The number of rotatable bonds is 4. The van der Waals surface area contributed by atoms with E-state index in [0.29, 0.717) is 34.5 Å². The number of hydrogen-bond donors (Lipinski definition) is 2. The fraction of sp³-hybridized carbons (Fsp3) is 0.176. The molecule has 1 aliphatic heterocycles. The number of hydrogen-bond acceptors (Lipinski definition) is 4. The third-order valence-electron chi connectivity index (χ3n) is 3.74. The monoisotopic (exact) mass is 396 g/mol. The van der Waals surface area contributed by atoms with Crippen molar-refractivity contribution in [2.45, 2.75) is 11.2 Å². The quantitative estimate of drug-likeness (QED) is 0.736. The van der Waals surface area contributed by atoms with Crippen molar-refractivity contribution in [1.82, 2.24) is 4.31 Å². The molecule has 0 amide bonds. The van der Waals surface area contributed by atoms with Crippen LogP contribution in [0.3, 0.4) is 0 Å². The van der Waals surface area contributed by atoms with Gasteiger partial charge in [-0.1, -0.05) is 66.3 Å². The second-order valence-electron chi connectivity index (χ2n) is 5.57. The molecule has 1 aliphatic rings. The van der Waals surface area contributed by atoms with E-state index in [2.05, 4.69) is 30.4 Å². The highest BCUT2D eigenvalue weighted by atomic mass is 35.5. The molecule has 1 fully saturated rings. The Morgan fingerprint density at radius 3 is 2.38 bits per heavy atom. The minimum Gasteiger partial charge on any atom is -0.303 e. The van der Waals surface area contributed by atoms with Crippen LogP contribution in [-0.2, 0) is 11.2 Å². The standard InChI is InChI=1S/C17H14Cl2N2OS2/c18-12-7-13(19)9-14(8-12)20-16-17(23,10-21(16)24)15(22)6-11-4-2-1-3-5-11/h1-5,7-9,23-24H,6,10H2. The van der Waals surface area contributed by atoms with Gasteiger partial charge in [-0.15, -0.1) is 0 Å². The molecule has 3 rings (SSSR count). The molecular weight excluding hydrogens is 383 g/mol. The molecule has 0 N–H and O–H groups in total. The van der Waals surface area contributed by atoms with Gasteiger partial charge in [-0.3, -0.25) is 4.79 Å². The van der Waals surface area contributed by atoms with Crippen molar-refractivity contribution in [1.29, 1.82) is 0 Å². The van der Waals surface area contributed by atoms with E-state index in [4.69, 9.17) is 23.2 Å². The number of thiol groups is 2. The van der Waals surface area contributed by atoms with Crippen LogP contribution in [0.25, 0.3) is 0 Å². The van der Waals surface area contributed by atoms with E-state index in [1.165, 1.54) is 0 Å². The van der Waals surface area contributed by atoms with Gasteiger partial charge in [-0.25, -0.2) is 4.99 Å². The molecule has 1 unspecified atom stereocenters. The highest BCUT2D eigenvalue weighted by Gasteiger charge is 2.51. The molecule has 0 bridgehead atoms. The maximum Gasteiger partial charge on any atom is 0.162 e. The molecular formula is C17H14Cl2N2OS2. The van der Waals surface area contributed by atoms with Gasteiger partial charge in [0, 0.05) is 16.5 Å². The molecule has 0 radical (unpaired) electrons. The number of nitrogens with zero attached hydrogens (tertiary/aromatic N) is 2. The molecule has 0 aliphatic carbocycles. The molecule has 7 heteroatoms. The number of ketones is 1. The van der Waals surface area contributed by atoms with Crippen molar-refractivity contribution >= 4 is 66.0 Å². The summed E-state index contributed by atoms with van der Waals surface area (Å²) in [6.45, 7) is 0.387. The number of halogens is 2. The van der Waals surface area contributed by atoms with Crippen LogP contribution in [0, 0.1) is 0 Å². The SMILES string of the molecule is O=C(Cc1ccccc1)C1(S)CN(S)C1=Nc1cc(Cl)cc(Cl)c1. The molecule has 0 saturated carbocycles. The zero-order valence-corrected chi connectivity index (χ0v) is 15.8. The van der Waals surface area contributed by atoms with Gasteiger partial charge in [0.2, 0.25) is 0 Å². The van der Waals surface area contributed by atoms with E-state index in [9.17, 15) is 4.79 Å². The number of Topliss-reactive ketones (excluding diaryl/α,β-unsaturated/α-hetero) is 1. The van der Waals surface area contributed by atoms with Crippen molar-refractivity contribution in [3.05, 3.63) is 64.1 Å². The minimum absolute atomic E-state index is 0.0193. The Bertz CT molecular complexity index is 793. The third kappa shape index (κ3) is 3.59. The van der Waals surface area contributed by atoms with Gasteiger partial charge in [-0.05, 0) is 23.8 Å². The summed E-state index contributed by atoms with van der Waals surface area (Å²) < 4.78 is 0.636. The number of amidine groups is 1. The predicted molar refractivity (Wildman–Crippen MR) is 106 cm³/mol. The number of carbonyl (C=O) groups excluding carboxylic acids is 1. The van der Waals surface area contributed by atoms with Gasteiger partial charge < -0.3 is 4.31 Å². The molecule has 3 nitrogen and oxygen atoms in total. The molecule has 2 aromatic rings. The third-order valence-corrected chi connectivity index (χ3v) is 5.10. The van der Waals surface area contributed by atoms with Crippen molar-refractivity contribution in [2.24, 2.45) is 4.99 Å². The minimum atomic E-state index is -0.966. The van der Waals surface area contributed by atoms with Crippen LogP contribution in [-0.4, -0.2) is 27.2 Å². The summed E-state index contributed by atoms with van der Waals surface area (Å²) in [7, 11) is 0. The van der Waals surface area contributed by atoms with Gasteiger partial charge in [0.25, 0.3) is 0 Å². The molecule has 2 aromatic carbocycles. The van der Waals surface area contributed by atoms with Crippen LogP contribution in [0.2, 0.25) is 10.0 Å². The molecule has 1 saturated heterocycles.